The van der Waals surface area contributed by atoms with Crippen LogP contribution in [0, 0.1) is 0 Å². The van der Waals surface area contributed by atoms with E-state index in [-0.39, 0.29) is 0 Å². The van der Waals surface area contributed by atoms with Crippen molar-refractivity contribution in [3.63, 3.8) is 0 Å². The third kappa shape index (κ3) is 2.78. The number of benzene rings is 2. The second kappa shape index (κ2) is 5.87. The lowest BCUT2D eigenvalue weighted by atomic mass is 9.94. The maximum absolute atomic E-state index is 11.5. The maximum Gasteiger partial charge on any atom is 0.336 e. The number of carboxylic acids is 1. The fraction of sp³-hybridized carbons (Fsp3) is 0.353. The van der Waals surface area contributed by atoms with Gasteiger partial charge in [-0.25, -0.2) is 4.79 Å². The molecule has 0 atom stereocenters. The molecule has 0 spiro atoms. The van der Waals surface area contributed by atoms with Crippen molar-refractivity contribution in [2.75, 3.05) is 0 Å². The molecule has 2 rings (SSSR count). The minimum absolute atomic E-state index is 0.474. The molecule has 0 saturated carbocycles. The van der Waals surface area contributed by atoms with Crippen molar-refractivity contribution in [1.29, 1.82) is 0 Å². The molecule has 19 heavy (non-hydrogen) atoms. The van der Waals surface area contributed by atoms with Crippen molar-refractivity contribution in [3.8, 4) is 0 Å². The van der Waals surface area contributed by atoms with Gasteiger partial charge in [-0.2, -0.15) is 0 Å². The van der Waals surface area contributed by atoms with Crippen LogP contribution in [0.4, 0.5) is 0 Å². The quantitative estimate of drug-likeness (QED) is 0.858. The van der Waals surface area contributed by atoms with Crippen LogP contribution in [0.25, 0.3) is 10.8 Å². The van der Waals surface area contributed by atoms with Crippen LogP contribution in [0.5, 0.6) is 0 Å². The van der Waals surface area contributed by atoms with Crippen molar-refractivity contribution in [3.05, 3.63) is 47.0 Å². The number of rotatable bonds is 5. The van der Waals surface area contributed by atoms with Crippen molar-refractivity contribution >= 4 is 16.7 Å². The Morgan fingerprint density at radius 1 is 1.05 bits per heavy atom. The molecular formula is C17H20O2. The molecule has 1 N–H and O–H groups in total. The molecule has 0 unspecified atom stereocenters. The molecule has 0 saturated heterocycles. The summed E-state index contributed by atoms with van der Waals surface area (Å²) < 4.78 is 0. The van der Waals surface area contributed by atoms with Crippen LogP contribution in [0.3, 0.4) is 0 Å². The molecule has 0 amide bonds. The Balaban J connectivity index is 2.61. The lowest BCUT2D eigenvalue weighted by Crippen LogP contribution is -2.04. The number of carboxylic acid groups (broad SMARTS) is 1. The molecule has 2 aromatic rings. The lowest BCUT2D eigenvalue weighted by Gasteiger charge is -2.10. The highest BCUT2D eigenvalue weighted by Crippen LogP contribution is 2.25. The summed E-state index contributed by atoms with van der Waals surface area (Å²) in [5, 5.41) is 11.4. The van der Waals surface area contributed by atoms with Gasteiger partial charge in [-0.3, -0.25) is 0 Å². The molecule has 0 aliphatic carbocycles. The Bertz CT molecular complexity index is 599. The summed E-state index contributed by atoms with van der Waals surface area (Å²) in [5.74, 6) is -0.822. The number of aromatic carboxylic acids is 1. The highest BCUT2D eigenvalue weighted by atomic mass is 16.4. The first-order chi connectivity index (χ1) is 9.17. The molecular weight excluding hydrogens is 236 g/mol. The summed E-state index contributed by atoms with van der Waals surface area (Å²) in [5.41, 5.74) is 2.68. The standard InChI is InChI=1S/C17H20O2/c1-3-5-12-7-10-15-14(11-12)9-8-13(6-4-2)16(15)17(18)19/h7-11H,3-6H2,1-2H3,(H,18,19). The molecule has 0 aliphatic heterocycles. The topological polar surface area (TPSA) is 37.3 Å². The van der Waals surface area contributed by atoms with Crippen LogP contribution in [0.1, 0.15) is 48.2 Å². The summed E-state index contributed by atoms with van der Waals surface area (Å²) in [6, 6.07) is 10.1. The normalized spacial score (nSPS) is 10.8. The Labute approximate surface area is 114 Å². The zero-order chi connectivity index (χ0) is 13.8. The Hall–Kier alpha value is -1.83. The molecule has 0 heterocycles. The highest BCUT2D eigenvalue weighted by Gasteiger charge is 2.13. The third-order valence-electron chi connectivity index (χ3n) is 3.44. The monoisotopic (exact) mass is 256 g/mol. The smallest absolute Gasteiger partial charge is 0.336 e. The summed E-state index contributed by atoms with van der Waals surface area (Å²) in [6.45, 7) is 4.22. The Morgan fingerprint density at radius 2 is 1.79 bits per heavy atom. The number of hydrogen-bond donors (Lipinski definition) is 1. The van der Waals surface area contributed by atoms with Gasteiger partial charge in [0.1, 0.15) is 0 Å². The van der Waals surface area contributed by atoms with E-state index in [0.29, 0.717) is 5.56 Å². The molecule has 2 aromatic carbocycles. The van der Waals surface area contributed by atoms with Gasteiger partial charge in [-0.15, -0.1) is 0 Å². The third-order valence-corrected chi connectivity index (χ3v) is 3.44. The van der Waals surface area contributed by atoms with Crippen LogP contribution >= 0.6 is 0 Å². The predicted molar refractivity (Wildman–Crippen MR) is 78.9 cm³/mol. The van der Waals surface area contributed by atoms with Gasteiger partial charge >= 0.3 is 5.97 Å². The number of hydrogen-bond acceptors (Lipinski definition) is 1. The van der Waals surface area contributed by atoms with Gasteiger partial charge in [0.25, 0.3) is 0 Å². The first-order valence-corrected chi connectivity index (χ1v) is 6.95. The second-order valence-electron chi connectivity index (χ2n) is 4.96. The highest BCUT2D eigenvalue weighted by molar-refractivity contribution is 6.05. The van der Waals surface area contributed by atoms with Crippen LogP contribution in [0.2, 0.25) is 0 Å². The number of carbonyl (C=O) groups is 1. The molecule has 0 fully saturated rings. The molecule has 0 bridgehead atoms. The van der Waals surface area contributed by atoms with Gasteiger partial charge < -0.3 is 5.11 Å². The molecule has 0 aromatic heterocycles. The van der Waals surface area contributed by atoms with Gasteiger partial charge in [0, 0.05) is 0 Å². The molecule has 2 heteroatoms. The summed E-state index contributed by atoms with van der Waals surface area (Å²) >= 11 is 0. The Kier molecular flexibility index (Phi) is 4.20. The van der Waals surface area contributed by atoms with E-state index >= 15 is 0 Å². The SMILES string of the molecule is CCCc1ccc2c(C(=O)O)c(CCC)ccc2c1. The number of fused-ring (bicyclic) bond motifs is 1. The molecule has 0 radical (unpaired) electrons. The van der Waals surface area contributed by atoms with Crippen LogP contribution in [0.15, 0.2) is 30.3 Å². The zero-order valence-electron chi connectivity index (χ0n) is 11.6. The first kappa shape index (κ1) is 13.6. The summed E-state index contributed by atoms with van der Waals surface area (Å²) in [7, 11) is 0. The van der Waals surface area contributed by atoms with E-state index in [4.69, 9.17) is 0 Å². The van der Waals surface area contributed by atoms with E-state index in [1.165, 1.54) is 5.56 Å². The minimum Gasteiger partial charge on any atom is -0.478 e. The van der Waals surface area contributed by atoms with Gasteiger partial charge in [0.2, 0.25) is 0 Å². The minimum atomic E-state index is -0.822. The number of aryl methyl sites for hydroxylation is 2. The maximum atomic E-state index is 11.5. The second-order valence-corrected chi connectivity index (χ2v) is 4.96. The lowest BCUT2D eigenvalue weighted by molar-refractivity contribution is 0.0698. The van der Waals surface area contributed by atoms with Crippen molar-refractivity contribution in [2.45, 2.75) is 39.5 Å². The van der Waals surface area contributed by atoms with E-state index in [0.717, 1.165) is 42.0 Å². The van der Waals surface area contributed by atoms with Gasteiger partial charge in [-0.05, 0) is 34.7 Å². The van der Waals surface area contributed by atoms with Crippen molar-refractivity contribution in [1.82, 2.24) is 0 Å². The molecule has 2 nitrogen and oxygen atoms in total. The average Bonchev–Trinajstić information content (AvgIpc) is 2.39. The van der Waals surface area contributed by atoms with Crippen molar-refractivity contribution in [2.24, 2.45) is 0 Å². The van der Waals surface area contributed by atoms with Crippen molar-refractivity contribution < 1.29 is 9.90 Å². The first-order valence-electron chi connectivity index (χ1n) is 6.95. The van der Waals surface area contributed by atoms with E-state index in [9.17, 15) is 9.90 Å². The fourth-order valence-corrected chi connectivity index (χ4v) is 2.60. The molecule has 100 valence electrons. The van der Waals surface area contributed by atoms with Crippen LogP contribution < -0.4 is 0 Å². The van der Waals surface area contributed by atoms with Gasteiger partial charge in [0.05, 0.1) is 5.56 Å². The molecule has 0 aliphatic rings. The van der Waals surface area contributed by atoms with E-state index in [2.05, 4.69) is 19.9 Å². The Morgan fingerprint density at radius 3 is 2.42 bits per heavy atom. The van der Waals surface area contributed by atoms with Gasteiger partial charge in [0.15, 0.2) is 0 Å². The zero-order valence-corrected chi connectivity index (χ0v) is 11.6. The predicted octanol–water partition coefficient (Wildman–Crippen LogP) is 4.44. The average molecular weight is 256 g/mol. The van der Waals surface area contributed by atoms with Crippen LogP contribution in [-0.2, 0) is 12.8 Å². The summed E-state index contributed by atoms with van der Waals surface area (Å²) in [6.07, 6.45) is 3.91. The fourth-order valence-electron chi connectivity index (χ4n) is 2.60. The van der Waals surface area contributed by atoms with E-state index in [1.807, 2.05) is 24.3 Å². The largest absolute Gasteiger partial charge is 0.478 e. The van der Waals surface area contributed by atoms with Crippen LogP contribution in [-0.4, -0.2) is 11.1 Å². The summed E-state index contributed by atoms with van der Waals surface area (Å²) in [4.78, 5) is 11.5. The van der Waals surface area contributed by atoms with E-state index in [1.54, 1.807) is 0 Å². The van der Waals surface area contributed by atoms with E-state index < -0.39 is 5.97 Å². The van der Waals surface area contributed by atoms with Gasteiger partial charge in [-0.1, -0.05) is 57.0 Å².